The minimum atomic E-state index is -3.04. The Morgan fingerprint density at radius 1 is 1.19 bits per heavy atom. The van der Waals surface area contributed by atoms with Crippen molar-refractivity contribution in [2.24, 2.45) is 13.0 Å². The molecule has 144 valence electrons. The highest BCUT2D eigenvalue weighted by Gasteiger charge is 2.29. The minimum Gasteiger partial charge on any atom is -0.273 e. The van der Waals surface area contributed by atoms with Gasteiger partial charge in [0.1, 0.15) is 0 Å². The molecule has 0 spiro atoms. The second-order valence-electron chi connectivity index (χ2n) is 6.67. The van der Waals surface area contributed by atoms with Gasteiger partial charge in [0.25, 0.3) is 5.56 Å². The number of carbonyl (C=O) groups is 2. The van der Waals surface area contributed by atoms with Crippen LogP contribution in [0.5, 0.6) is 0 Å². The molecule has 0 unspecified atom stereocenters. The number of amides is 2. The number of hydrogen-bond acceptors (Lipinski definition) is 6. The molecule has 1 aliphatic heterocycles. The smallest absolute Gasteiger partial charge is 0.273 e. The maximum Gasteiger partial charge on any atom is 0.274 e. The van der Waals surface area contributed by atoms with Crippen LogP contribution in [0.4, 0.5) is 0 Å². The first-order chi connectivity index (χ1) is 12.7. The van der Waals surface area contributed by atoms with Crippen LogP contribution in [0.2, 0.25) is 0 Å². The first-order valence-corrected chi connectivity index (χ1v) is 10.3. The number of aromatic nitrogens is 2. The van der Waals surface area contributed by atoms with Crippen LogP contribution >= 0.6 is 0 Å². The van der Waals surface area contributed by atoms with Crippen molar-refractivity contribution in [3.8, 4) is 0 Å². The molecule has 1 saturated heterocycles. The van der Waals surface area contributed by atoms with E-state index in [0.717, 1.165) is 0 Å². The molecule has 0 saturated carbocycles. The Kier molecular flexibility index (Phi) is 5.26. The van der Waals surface area contributed by atoms with Crippen LogP contribution in [-0.4, -0.2) is 41.5 Å². The lowest BCUT2D eigenvalue weighted by Gasteiger charge is -2.11. The molecule has 3 rings (SSSR count). The number of hydrogen-bond donors (Lipinski definition) is 2. The van der Waals surface area contributed by atoms with Crippen molar-refractivity contribution >= 4 is 32.4 Å². The second kappa shape index (κ2) is 7.47. The maximum absolute atomic E-state index is 12.1. The number of carbonyl (C=O) groups excluding carboxylic acids is 2. The number of rotatable bonds is 4. The van der Waals surface area contributed by atoms with Crippen LogP contribution in [0, 0.1) is 5.92 Å². The molecule has 0 aliphatic carbocycles. The molecule has 1 aliphatic rings. The third-order valence-corrected chi connectivity index (χ3v) is 6.34. The fourth-order valence-electron chi connectivity index (χ4n) is 3.19. The van der Waals surface area contributed by atoms with E-state index in [1.807, 2.05) is 0 Å². The van der Waals surface area contributed by atoms with E-state index in [1.165, 1.54) is 11.7 Å². The average molecular weight is 392 g/mol. The maximum atomic E-state index is 12.1. The molecule has 1 aromatic heterocycles. The summed E-state index contributed by atoms with van der Waals surface area (Å²) in [4.78, 5) is 36.1. The number of nitrogens with one attached hydrogen (secondary N) is 2. The predicted octanol–water partition coefficient (Wildman–Crippen LogP) is -0.552. The van der Waals surface area contributed by atoms with Crippen LogP contribution in [0.15, 0.2) is 29.1 Å². The molecule has 2 amide bonds. The zero-order valence-electron chi connectivity index (χ0n) is 14.8. The average Bonchev–Trinajstić information content (AvgIpc) is 2.96. The summed E-state index contributed by atoms with van der Waals surface area (Å²) >= 11 is 0. The van der Waals surface area contributed by atoms with E-state index in [2.05, 4.69) is 16.0 Å². The van der Waals surface area contributed by atoms with Gasteiger partial charge in [0.2, 0.25) is 11.8 Å². The van der Waals surface area contributed by atoms with Gasteiger partial charge in [-0.15, -0.1) is 0 Å². The summed E-state index contributed by atoms with van der Waals surface area (Å²) in [7, 11) is -1.54. The number of hydrazine groups is 1. The van der Waals surface area contributed by atoms with Gasteiger partial charge < -0.3 is 0 Å². The first kappa shape index (κ1) is 19.0. The van der Waals surface area contributed by atoms with Gasteiger partial charge in [-0.1, -0.05) is 18.2 Å². The van der Waals surface area contributed by atoms with Crippen molar-refractivity contribution in [3.05, 3.63) is 40.3 Å². The molecule has 2 aromatic rings. The van der Waals surface area contributed by atoms with Gasteiger partial charge in [-0.25, -0.2) is 13.1 Å². The number of benzene rings is 1. The van der Waals surface area contributed by atoms with Crippen molar-refractivity contribution in [1.29, 1.82) is 0 Å². The molecule has 0 radical (unpaired) electrons. The van der Waals surface area contributed by atoms with Gasteiger partial charge in [0.15, 0.2) is 9.84 Å². The van der Waals surface area contributed by atoms with Crippen molar-refractivity contribution in [2.75, 3.05) is 11.5 Å². The normalized spacial score (nSPS) is 18.3. The van der Waals surface area contributed by atoms with E-state index in [9.17, 15) is 22.8 Å². The van der Waals surface area contributed by atoms with Crippen LogP contribution in [0.25, 0.3) is 10.8 Å². The highest BCUT2D eigenvalue weighted by Crippen LogP contribution is 2.21. The largest absolute Gasteiger partial charge is 0.274 e. The van der Waals surface area contributed by atoms with E-state index < -0.39 is 21.7 Å². The number of aryl methyl sites for hydroxylation is 1. The van der Waals surface area contributed by atoms with E-state index in [0.29, 0.717) is 22.9 Å². The van der Waals surface area contributed by atoms with Crippen LogP contribution < -0.4 is 16.4 Å². The zero-order valence-corrected chi connectivity index (χ0v) is 15.6. The molecule has 2 heterocycles. The third-order valence-electron chi connectivity index (χ3n) is 4.50. The van der Waals surface area contributed by atoms with Gasteiger partial charge in [-0.3, -0.25) is 25.2 Å². The minimum absolute atomic E-state index is 0.00230. The fourth-order valence-corrected chi connectivity index (χ4v) is 5.05. The summed E-state index contributed by atoms with van der Waals surface area (Å²) in [6.07, 6.45) is 0.380. The summed E-state index contributed by atoms with van der Waals surface area (Å²) in [5.74, 6) is -1.05. The molecule has 0 bridgehead atoms. The fraction of sp³-hybridized carbons (Fsp3) is 0.412. The topological polar surface area (TPSA) is 127 Å². The van der Waals surface area contributed by atoms with E-state index in [4.69, 9.17) is 0 Å². The van der Waals surface area contributed by atoms with Crippen molar-refractivity contribution < 1.29 is 18.0 Å². The first-order valence-electron chi connectivity index (χ1n) is 8.48. The lowest BCUT2D eigenvalue weighted by Crippen LogP contribution is -2.43. The molecular formula is C17H20N4O5S. The second-order valence-corrected chi connectivity index (χ2v) is 8.90. The summed E-state index contributed by atoms with van der Waals surface area (Å²) in [6.45, 7) is 0. The number of sulfone groups is 1. The van der Waals surface area contributed by atoms with Crippen LogP contribution in [0.3, 0.4) is 0 Å². The summed E-state index contributed by atoms with van der Waals surface area (Å²) in [6, 6.07) is 6.86. The SMILES string of the molecule is Cn1nc(CC(=O)NNC(=O)C[C@@H]2CCS(=O)(=O)C2)c2ccccc2c1=O. The number of nitrogens with zero attached hydrogens (tertiary/aromatic N) is 2. The van der Waals surface area contributed by atoms with Crippen molar-refractivity contribution in [1.82, 2.24) is 20.6 Å². The molecule has 1 atom stereocenters. The lowest BCUT2D eigenvalue weighted by atomic mass is 10.1. The van der Waals surface area contributed by atoms with Crippen molar-refractivity contribution in [2.45, 2.75) is 19.3 Å². The Balaban J connectivity index is 1.60. The molecule has 9 nitrogen and oxygen atoms in total. The van der Waals surface area contributed by atoms with Gasteiger partial charge in [0, 0.05) is 18.9 Å². The van der Waals surface area contributed by atoms with E-state index >= 15 is 0 Å². The van der Waals surface area contributed by atoms with Crippen LogP contribution in [0.1, 0.15) is 18.5 Å². The van der Waals surface area contributed by atoms with Gasteiger partial charge in [0.05, 0.1) is 29.0 Å². The Morgan fingerprint density at radius 3 is 2.52 bits per heavy atom. The molecule has 1 fully saturated rings. The lowest BCUT2D eigenvalue weighted by molar-refractivity contribution is -0.129. The molecule has 1 aromatic carbocycles. The highest BCUT2D eigenvalue weighted by atomic mass is 32.2. The monoisotopic (exact) mass is 392 g/mol. The highest BCUT2D eigenvalue weighted by molar-refractivity contribution is 7.91. The van der Waals surface area contributed by atoms with Crippen LogP contribution in [-0.2, 0) is 32.9 Å². The van der Waals surface area contributed by atoms with E-state index in [-0.39, 0.29) is 35.8 Å². The molecular weight excluding hydrogens is 372 g/mol. The number of fused-ring (bicyclic) bond motifs is 1. The Hall–Kier alpha value is -2.75. The standard InChI is InChI=1S/C17H20N4O5S/c1-21-17(24)13-5-3-2-4-12(13)14(20-21)9-16(23)19-18-15(22)8-11-6-7-27(25,26)10-11/h2-5,11H,6-10H2,1H3,(H,18,22)(H,19,23)/t11-/m0/s1. The quantitative estimate of drug-likeness (QED) is 0.672. The summed E-state index contributed by atoms with van der Waals surface area (Å²) in [5.41, 5.74) is 4.77. The van der Waals surface area contributed by atoms with Crippen molar-refractivity contribution in [3.63, 3.8) is 0 Å². The summed E-state index contributed by atoms with van der Waals surface area (Å²) in [5, 5.41) is 5.18. The van der Waals surface area contributed by atoms with Gasteiger partial charge in [-0.2, -0.15) is 5.10 Å². The zero-order chi connectivity index (χ0) is 19.6. The Morgan fingerprint density at radius 2 is 1.85 bits per heavy atom. The Labute approximate surface area is 155 Å². The van der Waals surface area contributed by atoms with Gasteiger partial charge in [-0.05, 0) is 18.4 Å². The predicted molar refractivity (Wildman–Crippen MR) is 98.4 cm³/mol. The Bertz CT molecular complexity index is 1060. The third kappa shape index (κ3) is 4.51. The van der Waals surface area contributed by atoms with Gasteiger partial charge >= 0.3 is 0 Å². The summed E-state index contributed by atoms with van der Waals surface area (Å²) < 4.78 is 24.0. The molecule has 10 heteroatoms. The van der Waals surface area contributed by atoms with E-state index in [1.54, 1.807) is 24.3 Å². The molecule has 27 heavy (non-hydrogen) atoms. The molecule has 2 N–H and O–H groups in total.